The van der Waals surface area contributed by atoms with Crippen LogP contribution in [0.3, 0.4) is 0 Å². The molecular weight excluding hydrogens is 192 g/mol. The van der Waals surface area contributed by atoms with Crippen LogP contribution in [0.4, 0.5) is 0 Å². The van der Waals surface area contributed by atoms with E-state index in [0.29, 0.717) is 0 Å². The van der Waals surface area contributed by atoms with E-state index < -0.39 is 0 Å². The van der Waals surface area contributed by atoms with E-state index in [1.165, 1.54) is 0 Å². The molecular formula is C10H24N4O. The van der Waals surface area contributed by atoms with Gasteiger partial charge in [-0.1, -0.05) is 0 Å². The highest BCUT2D eigenvalue weighted by molar-refractivity contribution is 5.79. The summed E-state index contributed by atoms with van der Waals surface area (Å²) in [6.07, 6.45) is 1.10. The van der Waals surface area contributed by atoms with Gasteiger partial charge in [-0.15, -0.1) is 0 Å². The molecule has 0 aromatic heterocycles. The van der Waals surface area contributed by atoms with Crippen LogP contribution in [0.1, 0.15) is 6.42 Å². The van der Waals surface area contributed by atoms with E-state index in [9.17, 15) is 0 Å². The van der Waals surface area contributed by atoms with Gasteiger partial charge in [-0.25, -0.2) is 0 Å². The Hall–Kier alpha value is -0.810. The minimum Gasteiger partial charge on any atom is -0.383 e. The summed E-state index contributed by atoms with van der Waals surface area (Å²) < 4.78 is 5.01. The van der Waals surface area contributed by atoms with Crippen LogP contribution in [0.5, 0.6) is 0 Å². The molecule has 90 valence electrons. The van der Waals surface area contributed by atoms with Crippen LogP contribution in [0.2, 0.25) is 0 Å². The van der Waals surface area contributed by atoms with Gasteiger partial charge in [0.05, 0.1) is 6.61 Å². The largest absolute Gasteiger partial charge is 0.383 e. The van der Waals surface area contributed by atoms with Crippen molar-refractivity contribution in [1.82, 2.24) is 15.5 Å². The monoisotopic (exact) mass is 216 g/mol. The molecule has 0 heterocycles. The Morgan fingerprint density at radius 2 is 2.13 bits per heavy atom. The molecule has 0 rings (SSSR count). The van der Waals surface area contributed by atoms with E-state index >= 15 is 0 Å². The maximum Gasteiger partial charge on any atom is 0.190 e. The van der Waals surface area contributed by atoms with Crippen molar-refractivity contribution in [3.8, 4) is 0 Å². The molecule has 0 atom stereocenters. The van der Waals surface area contributed by atoms with Crippen molar-refractivity contribution >= 4 is 5.96 Å². The molecule has 0 aliphatic heterocycles. The first-order valence-corrected chi connectivity index (χ1v) is 5.30. The summed E-state index contributed by atoms with van der Waals surface area (Å²) in [6.45, 7) is 3.78. The molecule has 0 spiro atoms. The molecule has 0 amide bonds. The van der Waals surface area contributed by atoms with Gasteiger partial charge >= 0.3 is 0 Å². The third-order valence-electron chi connectivity index (χ3n) is 2.15. The number of aliphatic imine (C=N–C) groups is 1. The lowest BCUT2D eigenvalue weighted by atomic mass is 10.4. The lowest BCUT2D eigenvalue weighted by Crippen LogP contribution is -2.36. The number of ether oxygens (including phenoxy) is 1. The first-order chi connectivity index (χ1) is 7.24. The van der Waals surface area contributed by atoms with Crippen molar-refractivity contribution in [2.45, 2.75) is 6.42 Å². The summed E-state index contributed by atoms with van der Waals surface area (Å²) in [4.78, 5) is 6.29. The van der Waals surface area contributed by atoms with E-state index in [-0.39, 0.29) is 0 Å². The molecule has 2 N–H and O–H groups in total. The summed E-state index contributed by atoms with van der Waals surface area (Å²) in [5.41, 5.74) is 0. The number of rotatable bonds is 7. The Labute approximate surface area is 92.9 Å². The number of nitrogens with zero attached hydrogens (tertiary/aromatic N) is 2. The fourth-order valence-electron chi connectivity index (χ4n) is 1.19. The highest BCUT2D eigenvalue weighted by Crippen LogP contribution is 1.86. The Bertz CT molecular complexity index is 173. The molecule has 0 unspecified atom stereocenters. The first-order valence-electron chi connectivity index (χ1n) is 5.30. The van der Waals surface area contributed by atoms with Crippen LogP contribution in [0.15, 0.2) is 4.99 Å². The number of hydrogen-bond donors (Lipinski definition) is 2. The quantitative estimate of drug-likeness (QED) is 0.350. The third-order valence-corrected chi connectivity index (χ3v) is 2.15. The van der Waals surface area contributed by atoms with Crippen LogP contribution in [0, 0.1) is 0 Å². The zero-order valence-corrected chi connectivity index (χ0v) is 10.3. The van der Waals surface area contributed by atoms with E-state index in [2.05, 4.69) is 27.6 Å². The smallest absolute Gasteiger partial charge is 0.190 e. The molecule has 5 nitrogen and oxygen atoms in total. The molecule has 0 saturated carbocycles. The standard InChI is InChI=1S/C10H24N4O/c1-11-10(12-2)13-6-5-7-14(3)8-9-15-4/h5-9H2,1-4H3,(H2,11,12,13). The highest BCUT2D eigenvalue weighted by Gasteiger charge is 1.97. The molecule has 0 aliphatic carbocycles. The first kappa shape index (κ1) is 14.2. The van der Waals surface area contributed by atoms with Gasteiger partial charge in [0.1, 0.15) is 0 Å². The molecule has 0 radical (unpaired) electrons. The molecule has 5 heteroatoms. The van der Waals surface area contributed by atoms with Gasteiger partial charge in [0.15, 0.2) is 5.96 Å². The Morgan fingerprint density at radius 3 is 2.67 bits per heavy atom. The van der Waals surface area contributed by atoms with Gasteiger partial charge in [0.25, 0.3) is 0 Å². The predicted octanol–water partition coefficient (Wildman–Crippen LogP) is -0.250. The third kappa shape index (κ3) is 8.20. The van der Waals surface area contributed by atoms with Gasteiger partial charge in [-0.05, 0) is 20.0 Å². The maximum atomic E-state index is 5.01. The van der Waals surface area contributed by atoms with Crippen molar-refractivity contribution < 1.29 is 4.74 Å². The second-order valence-electron chi connectivity index (χ2n) is 3.40. The zero-order valence-electron chi connectivity index (χ0n) is 10.3. The zero-order chi connectivity index (χ0) is 11.5. The van der Waals surface area contributed by atoms with Gasteiger partial charge in [-0.2, -0.15) is 0 Å². The molecule has 0 fully saturated rings. The van der Waals surface area contributed by atoms with Crippen molar-refractivity contribution in [2.75, 3.05) is 54.5 Å². The maximum absolute atomic E-state index is 5.01. The number of methoxy groups -OCH3 is 1. The van der Waals surface area contributed by atoms with Crippen LogP contribution in [-0.4, -0.2) is 65.4 Å². The molecule has 0 saturated heterocycles. The van der Waals surface area contributed by atoms with Gasteiger partial charge < -0.3 is 20.3 Å². The molecule has 0 aliphatic rings. The van der Waals surface area contributed by atoms with Crippen LogP contribution in [-0.2, 0) is 4.74 Å². The van der Waals surface area contributed by atoms with E-state index in [1.807, 2.05) is 7.05 Å². The fraction of sp³-hybridized carbons (Fsp3) is 0.900. The van der Waals surface area contributed by atoms with Gasteiger partial charge in [0.2, 0.25) is 0 Å². The fourth-order valence-corrected chi connectivity index (χ4v) is 1.19. The Kier molecular flexibility index (Phi) is 9.21. The minimum atomic E-state index is 0.794. The second-order valence-corrected chi connectivity index (χ2v) is 3.40. The lowest BCUT2D eigenvalue weighted by molar-refractivity contribution is 0.161. The second kappa shape index (κ2) is 9.73. The molecule has 0 aromatic carbocycles. The average Bonchev–Trinajstić information content (AvgIpc) is 2.26. The summed E-state index contributed by atoms with van der Waals surface area (Å²) >= 11 is 0. The topological polar surface area (TPSA) is 48.9 Å². The molecule has 0 bridgehead atoms. The number of guanidine groups is 1. The van der Waals surface area contributed by atoms with Crippen molar-refractivity contribution in [3.05, 3.63) is 0 Å². The highest BCUT2D eigenvalue weighted by atomic mass is 16.5. The summed E-state index contributed by atoms with van der Waals surface area (Å²) in [6, 6.07) is 0. The van der Waals surface area contributed by atoms with E-state index in [0.717, 1.165) is 38.6 Å². The van der Waals surface area contributed by atoms with Crippen molar-refractivity contribution in [2.24, 2.45) is 4.99 Å². The van der Waals surface area contributed by atoms with E-state index in [4.69, 9.17) is 4.74 Å². The van der Waals surface area contributed by atoms with Gasteiger partial charge in [0, 0.05) is 34.3 Å². The van der Waals surface area contributed by atoms with Crippen LogP contribution in [0.25, 0.3) is 0 Å². The normalized spacial score (nSPS) is 11.9. The lowest BCUT2D eigenvalue weighted by Gasteiger charge is -2.16. The summed E-state index contributed by atoms with van der Waals surface area (Å²) in [5.74, 6) is 0.842. The van der Waals surface area contributed by atoms with Gasteiger partial charge in [-0.3, -0.25) is 4.99 Å². The SMILES string of the molecule is CN=C(NC)NCCCN(C)CCOC. The number of hydrogen-bond acceptors (Lipinski definition) is 3. The minimum absolute atomic E-state index is 0.794. The Balaban J connectivity index is 3.37. The number of nitrogens with one attached hydrogen (secondary N) is 2. The average molecular weight is 216 g/mol. The molecule has 15 heavy (non-hydrogen) atoms. The van der Waals surface area contributed by atoms with Crippen LogP contribution >= 0.6 is 0 Å². The summed E-state index contributed by atoms with van der Waals surface area (Å²) in [5, 5.41) is 6.19. The predicted molar refractivity (Wildman–Crippen MR) is 64.4 cm³/mol. The van der Waals surface area contributed by atoms with E-state index in [1.54, 1.807) is 14.2 Å². The Morgan fingerprint density at radius 1 is 1.40 bits per heavy atom. The molecule has 0 aromatic rings. The van der Waals surface area contributed by atoms with Crippen molar-refractivity contribution in [3.63, 3.8) is 0 Å². The summed E-state index contributed by atoms with van der Waals surface area (Å²) in [7, 11) is 7.46. The van der Waals surface area contributed by atoms with Crippen LogP contribution < -0.4 is 10.6 Å². The van der Waals surface area contributed by atoms with Crippen molar-refractivity contribution in [1.29, 1.82) is 0 Å². The number of likely N-dealkylation sites (N-methyl/N-ethyl adjacent to an activating group) is 1.